The summed E-state index contributed by atoms with van der Waals surface area (Å²) in [5.41, 5.74) is 7.19. The molecule has 0 saturated carbocycles. The maximum absolute atomic E-state index is 10.9. The first-order valence-corrected chi connectivity index (χ1v) is 7.28. The lowest BCUT2D eigenvalue weighted by molar-refractivity contribution is -0.0292. The average Bonchev–Trinajstić information content (AvgIpc) is 2.96. The average molecular weight is 263 g/mol. The number of hydrogen-bond acceptors (Lipinski definition) is 4. The van der Waals surface area contributed by atoms with Gasteiger partial charge in [0.1, 0.15) is 6.10 Å². The zero-order chi connectivity index (χ0) is 13.9. The molecule has 1 saturated heterocycles. The molecule has 1 aliphatic rings. The van der Waals surface area contributed by atoms with E-state index in [9.17, 15) is 5.11 Å². The van der Waals surface area contributed by atoms with E-state index in [0.29, 0.717) is 5.69 Å². The summed E-state index contributed by atoms with van der Waals surface area (Å²) in [6, 6.07) is 1.76. The highest BCUT2D eigenvalue weighted by molar-refractivity contribution is 5.46. The second-order valence-electron chi connectivity index (χ2n) is 5.41. The van der Waals surface area contributed by atoms with Gasteiger partial charge in [0.15, 0.2) is 0 Å². The number of hydrogen-bond donors (Lipinski definition) is 2. The number of nitrogen functional groups attached to an aromatic ring is 1. The molecule has 0 radical (unpaired) electrons. The summed E-state index contributed by atoms with van der Waals surface area (Å²) in [6.45, 7) is 6.44. The molecular formula is C15H25N3O. The van der Waals surface area contributed by atoms with Gasteiger partial charge in [0.25, 0.3) is 0 Å². The van der Waals surface area contributed by atoms with Crippen molar-refractivity contribution in [1.82, 2.24) is 9.88 Å². The van der Waals surface area contributed by atoms with Crippen molar-refractivity contribution in [3.63, 3.8) is 0 Å². The summed E-state index contributed by atoms with van der Waals surface area (Å²) in [6.07, 6.45) is 7.07. The Hall–Kier alpha value is -1.13. The number of nitrogens with two attached hydrogens (primary N) is 1. The van der Waals surface area contributed by atoms with Crippen LogP contribution in [0.1, 0.15) is 51.2 Å². The third kappa shape index (κ3) is 2.47. The fraction of sp³-hybridized carbons (Fsp3) is 0.667. The molecule has 2 heterocycles. The van der Waals surface area contributed by atoms with Gasteiger partial charge >= 0.3 is 0 Å². The normalized spacial score (nSPS) is 18.7. The van der Waals surface area contributed by atoms with E-state index < -0.39 is 6.10 Å². The van der Waals surface area contributed by atoms with Gasteiger partial charge in [0, 0.05) is 23.6 Å². The number of aliphatic hydroxyl groups excluding tert-OH is 1. The van der Waals surface area contributed by atoms with Crippen LogP contribution in [0.5, 0.6) is 0 Å². The van der Waals surface area contributed by atoms with Gasteiger partial charge in [-0.3, -0.25) is 9.88 Å². The lowest BCUT2D eigenvalue weighted by Gasteiger charge is -2.44. The van der Waals surface area contributed by atoms with E-state index >= 15 is 0 Å². The van der Waals surface area contributed by atoms with Crippen molar-refractivity contribution in [2.24, 2.45) is 0 Å². The van der Waals surface area contributed by atoms with Gasteiger partial charge in [-0.1, -0.05) is 13.8 Å². The molecule has 4 nitrogen and oxygen atoms in total. The predicted octanol–water partition coefficient (Wildman–Crippen LogP) is 2.35. The molecule has 1 unspecified atom stereocenters. The molecule has 3 N–H and O–H groups in total. The van der Waals surface area contributed by atoms with Crippen molar-refractivity contribution in [1.29, 1.82) is 0 Å². The zero-order valence-corrected chi connectivity index (χ0v) is 12.0. The zero-order valence-electron chi connectivity index (χ0n) is 12.0. The van der Waals surface area contributed by atoms with Crippen LogP contribution in [0.25, 0.3) is 0 Å². The molecular weight excluding hydrogens is 238 g/mol. The quantitative estimate of drug-likeness (QED) is 0.856. The summed E-state index contributed by atoms with van der Waals surface area (Å²) in [5.74, 6) is 0. The van der Waals surface area contributed by atoms with Crippen LogP contribution < -0.4 is 5.73 Å². The monoisotopic (exact) mass is 263 g/mol. The largest absolute Gasteiger partial charge is 0.398 e. The van der Waals surface area contributed by atoms with Crippen LogP contribution in [0.4, 0.5) is 5.69 Å². The molecule has 4 heteroatoms. The molecule has 1 aromatic rings. The van der Waals surface area contributed by atoms with E-state index in [0.717, 1.165) is 31.5 Å². The van der Waals surface area contributed by atoms with E-state index in [4.69, 9.17) is 5.73 Å². The number of aromatic nitrogens is 1. The summed E-state index contributed by atoms with van der Waals surface area (Å²) in [7, 11) is 0. The molecule has 1 fully saturated rings. The Morgan fingerprint density at radius 1 is 1.37 bits per heavy atom. The fourth-order valence-electron chi connectivity index (χ4n) is 3.35. The summed E-state index contributed by atoms with van der Waals surface area (Å²) >= 11 is 0. The van der Waals surface area contributed by atoms with Crippen LogP contribution in [0.3, 0.4) is 0 Å². The van der Waals surface area contributed by atoms with Crippen LogP contribution >= 0.6 is 0 Å². The molecule has 19 heavy (non-hydrogen) atoms. The fourth-order valence-corrected chi connectivity index (χ4v) is 3.35. The predicted molar refractivity (Wildman–Crippen MR) is 77.7 cm³/mol. The Balaban J connectivity index is 2.35. The van der Waals surface area contributed by atoms with Crippen LogP contribution in [0.2, 0.25) is 0 Å². The van der Waals surface area contributed by atoms with Gasteiger partial charge in [0.2, 0.25) is 0 Å². The number of nitrogens with zero attached hydrogens (tertiary/aromatic N) is 2. The van der Waals surface area contributed by atoms with Gasteiger partial charge in [-0.05, 0) is 44.8 Å². The van der Waals surface area contributed by atoms with Crippen molar-refractivity contribution < 1.29 is 5.11 Å². The van der Waals surface area contributed by atoms with E-state index in [1.54, 1.807) is 18.5 Å². The highest BCUT2D eigenvalue weighted by Crippen LogP contribution is 2.40. The highest BCUT2D eigenvalue weighted by atomic mass is 16.3. The van der Waals surface area contributed by atoms with E-state index in [2.05, 4.69) is 23.7 Å². The molecule has 0 aliphatic carbocycles. The topological polar surface area (TPSA) is 62.4 Å². The number of aliphatic hydroxyl groups is 1. The summed E-state index contributed by atoms with van der Waals surface area (Å²) < 4.78 is 0. The standard InChI is InChI=1S/C15H25N3O/c1-3-15(4-2,18-9-5-6-10-18)14(19)12-11-17-8-7-13(12)16/h7-8,11,14,19H,3-6,9-10H2,1-2H3,(H2,16,17). The molecule has 0 spiro atoms. The molecule has 1 aliphatic heterocycles. The molecule has 0 aromatic carbocycles. The first kappa shape index (κ1) is 14.3. The minimum Gasteiger partial charge on any atom is -0.398 e. The van der Waals surface area contributed by atoms with E-state index in [-0.39, 0.29) is 5.54 Å². The third-order valence-electron chi connectivity index (χ3n) is 4.65. The maximum Gasteiger partial charge on any atom is 0.101 e. The minimum absolute atomic E-state index is 0.215. The molecule has 1 aromatic heterocycles. The molecule has 2 rings (SSSR count). The smallest absolute Gasteiger partial charge is 0.101 e. The van der Waals surface area contributed by atoms with Gasteiger partial charge in [-0.25, -0.2) is 0 Å². The Morgan fingerprint density at radius 2 is 2.00 bits per heavy atom. The van der Waals surface area contributed by atoms with Crippen LogP contribution in [0.15, 0.2) is 18.5 Å². The first-order valence-electron chi connectivity index (χ1n) is 7.28. The Kier molecular flexibility index (Phi) is 4.42. The first-order chi connectivity index (χ1) is 9.15. The van der Waals surface area contributed by atoms with Crippen LogP contribution in [0, 0.1) is 0 Å². The SMILES string of the molecule is CCC(CC)(C(O)c1cnccc1N)N1CCCC1. The Morgan fingerprint density at radius 3 is 2.53 bits per heavy atom. The number of likely N-dealkylation sites (tertiary alicyclic amines) is 1. The van der Waals surface area contributed by atoms with Crippen LogP contribution in [-0.4, -0.2) is 33.6 Å². The van der Waals surface area contributed by atoms with Crippen molar-refractivity contribution in [2.45, 2.75) is 51.2 Å². The Bertz CT molecular complexity index is 412. The van der Waals surface area contributed by atoms with E-state index in [1.807, 2.05) is 0 Å². The van der Waals surface area contributed by atoms with Gasteiger partial charge in [0.05, 0.1) is 5.54 Å². The second kappa shape index (κ2) is 5.88. The number of anilines is 1. The van der Waals surface area contributed by atoms with Gasteiger partial charge in [-0.15, -0.1) is 0 Å². The molecule has 0 amide bonds. The molecule has 1 atom stereocenters. The van der Waals surface area contributed by atoms with Crippen molar-refractivity contribution >= 4 is 5.69 Å². The van der Waals surface area contributed by atoms with Crippen LogP contribution in [-0.2, 0) is 0 Å². The van der Waals surface area contributed by atoms with E-state index in [1.165, 1.54) is 12.8 Å². The van der Waals surface area contributed by atoms with Crippen molar-refractivity contribution in [3.05, 3.63) is 24.0 Å². The minimum atomic E-state index is -0.575. The maximum atomic E-state index is 10.9. The summed E-state index contributed by atoms with van der Waals surface area (Å²) in [4.78, 5) is 6.55. The second-order valence-corrected chi connectivity index (χ2v) is 5.41. The Labute approximate surface area is 115 Å². The number of rotatable bonds is 5. The molecule has 106 valence electrons. The number of pyridine rings is 1. The van der Waals surface area contributed by atoms with Crippen molar-refractivity contribution in [3.8, 4) is 0 Å². The van der Waals surface area contributed by atoms with Gasteiger partial charge in [-0.2, -0.15) is 0 Å². The third-order valence-corrected chi connectivity index (χ3v) is 4.65. The van der Waals surface area contributed by atoms with Crippen molar-refractivity contribution in [2.75, 3.05) is 18.8 Å². The summed E-state index contributed by atoms with van der Waals surface area (Å²) in [5, 5.41) is 10.9. The molecule has 0 bridgehead atoms. The lowest BCUT2D eigenvalue weighted by atomic mass is 9.81. The van der Waals surface area contributed by atoms with Gasteiger partial charge < -0.3 is 10.8 Å². The lowest BCUT2D eigenvalue weighted by Crippen LogP contribution is -2.51. The highest BCUT2D eigenvalue weighted by Gasteiger charge is 2.42.